The Morgan fingerprint density at radius 3 is 2.59 bits per heavy atom. The van der Waals surface area contributed by atoms with E-state index in [1.807, 2.05) is 38.1 Å². The highest BCUT2D eigenvalue weighted by Crippen LogP contribution is 2.28. The summed E-state index contributed by atoms with van der Waals surface area (Å²) in [5.74, 6) is 0.792. The third-order valence-corrected chi connectivity index (χ3v) is 6.08. The van der Waals surface area contributed by atoms with E-state index in [-0.39, 0.29) is 24.6 Å². The summed E-state index contributed by atoms with van der Waals surface area (Å²) < 4.78 is 16.6. The molecule has 0 radical (unpaired) electrons. The van der Waals surface area contributed by atoms with Gasteiger partial charge in [-0.2, -0.15) is 0 Å². The van der Waals surface area contributed by atoms with Crippen molar-refractivity contribution in [2.45, 2.75) is 37.5 Å². The normalized spacial score (nSPS) is 22.2. The van der Waals surface area contributed by atoms with Gasteiger partial charge in [-0.05, 0) is 30.2 Å². The zero-order valence-corrected chi connectivity index (χ0v) is 18.3. The van der Waals surface area contributed by atoms with Gasteiger partial charge in [0.1, 0.15) is 12.8 Å². The minimum Gasteiger partial charge on any atom is -0.417 e. The molecular formula is C20H27ClN2O5S. The van der Waals surface area contributed by atoms with Crippen molar-refractivity contribution >= 4 is 35.4 Å². The second-order valence-corrected chi connectivity index (χ2v) is 8.97. The monoisotopic (exact) mass is 442 g/mol. The molecule has 0 aliphatic carbocycles. The molecule has 2 atom stereocenters. The maximum Gasteiger partial charge on any atom is 0.412 e. The van der Waals surface area contributed by atoms with Crippen LogP contribution in [-0.4, -0.2) is 72.9 Å². The summed E-state index contributed by atoms with van der Waals surface area (Å²) in [5, 5.41) is 0.671. The summed E-state index contributed by atoms with van der Waals surface area (Å²) >= 11 is 7.53. The number of hydrogen-bond acceptors (Lipinski definition) is 6. The number of amides is 2. The first-order chi connectivity index (χ1) is 13.9. The average Bonchev–Trinajstić information content (AvgIpc) is 3.10. The van der Waals surface area contributed by atoms with Crippen molar-refractivity contribution in [2.24, 2.45) is 5.92 Å². The van der Waals surface area contributed by atoms with E-state index in [0.29, 0.717) is 43.5 Å². The molecule has 0 unspecified atom stereocenters. The van der Waals surface area contributed by atoms with Crippen LogP contribution in [0.2, 0.25) is 5.02 Å². The van der Waals surface area contributed by atoms with E-state index in [1.54, 1.807) is 21.6 Å². The molecule has 3 rings (SSSR count). The van der Waals surface area contributed by atoms with Crippen LogP contribution in [0.1, 0.15) is 20.3 Å². The van der Waals surface area contributed by atoms with Crippen LogP contribution in [0.3, 0.4) is 0 Å². The third-order valence-electron chi connectivity index (χ3n) is 4.72. The van der Waals surface area contributed by atoms with Crippen LogP contribution < -0.4 is 0 Å². The Hall–Kier alpha value is -1.48. The summed E-state index contributed by atoms with van der Waals surface area (Å²) in [6.07, 6.45) is -0.797. The lowest BCUT2D eigenvalue weighted by atomic mass is 10.1. The van der Waals surface area contributed by atoms with Gasteiger partial charge in [-0.25, -0.2) is 4.79 Å². The minimum absolute atomic E-state index is 0.00614. The number of nitrogens with zero attached hydrogens (tertiary/aromatic N) is 2. The molecule has 2 saturated heterocycles. The van der Waals surface area contributed by atoms with Gasteiger partial charge in [0.2, 0.25) is 12.2 Å². The third kappa shape index (κ3) is 6.25. The Kier molecular flexibility index (Phi) is 8.06. The summed E-state index contributed by atoms with van der Waals surface area (Å²) in [4.78, 5) is 29.5. The Labute approximate surface area is 180 Å². The highest BCUT2D eigenvalue weighted by Gasteiger charge is 2.41. The minimum atomic E-state index is -0.791. The maximum atomic E-state index is 12.7. The van der Waals surface area contributed by atoms with E-state index in [4.69, 9.17) is 25.8 Å². The van der Waals surface area contributed by atoms with Crippen molar-refractivity contribution in [3.8, 4) is 0 Å². The highest BCUT2D eigenvalue weighted by molar-refractivity contribution is 7.99. The zero-order chi connectivity index (χ0) is 20.8. The van der Waals surface area contributed by atoms with Crippen LogP contribution in [-0.2, 0) is 19.0 Å². The fourth-order valence-corrected chi connectivity index (χ4v) is 4.30. The van der Waals surface area contributed by atoms with Crippen LogP contribution in [0.5, 0.6) is 0 Å². The number of thioether (sulfide) groups is 1. The van der Waals surface area contributed by atoms with E-state index in [0.717, 1.165) is 4.90 Å². The van der Waals surface area contributed by atoms with Gasteiger partial charge >= 0.3 is 6.09 Å². The van der Waals surface area contributed by atoms with Gasteiger partial charge in [0.25, 0.3) is 0 Å². The molecular weight excluding hydrogens is 416 g/mol. The molecule has 2 aliphatic heterocycles. The molecule has 2 fully saturated rings. The van der Waals surface area contributed by atoms with Crippen molar-refractivity contribution in [3.05, 3.63) is 29.3 Å². The molecule has 0 aromatic heterocycles. The van der Waals surface area contributed by atoms with E-state index >= 15 is 0 Å². The van der Waals surface area contributed by atoms with Crippen molar-refractivity contribution in [1.82, 2.24) is 9.80 Å². The largest absolute Gasteiger partial charge is 0.417 e. The molecule has 1 aromatic carbocycles. The van der Waals surface area contributed by atoms with Crippen LogP contribution in [0.15, 0.2) is 29.2 Å². The highest BCUT2D eigenvalue weighted by atomic mass is 35.5. The molecule has 0 bridgehead atoms. The molecule has 9 heteroatoms. The molecule has 1 aromatic rings. The number of morpholine rings is 1. The zero-order valence-electron chi connectivity index (χ0n) is 16.7. The van der Waals surface area contributed by atoms with Crippen molar-refractivity contribution in [2.75, 3.05) is 38.8 Å². The predicted octanol–water partition coefficient (Wildman–Crippen LogP) is 3.46. The second-order valence-electron chi connectivity index (χ2n) is 7.44. The molecule has 2 heterocycles. The smallest absolute Gasteiger partial charge is 0.412 e. The summed E-state index contributed by atoms with van der Waals surface area (Å²) in [6, 6.07) is 7.15. The number of ether oxygens (including phenoxy) is 3. The van der Waals surface area contributed by atoms with E-state index in [9.17, 15) is 9.59 Å². The number of carbonyl (C=O) groups is 2. The molecule has 160 valence electrons. The predicted molar refractivity (Wildman–Crippen MR) is 111 cm³/mol. The van der Waals surface area contributed by atoms with E-state index in [1.165, 1.54) is 0 Å². The summed E-state index contributed by atoms with van der Waals surface area (Å²) in [5.41, 5.74) is 0. The van der Waals surface area contributed by atoms with E-state index < -0.39 is 12.4 Å². The van der Waals surface area contributed by atoms with Crippen molar-refractivity contribution in [1.29, 1.82) is 0 Å². The second kappa shape index (κ2) is 10.5. The van der Waals surface area contributed by atoms with Crippen molar-refractivity contribution < 1.29 is 23.8 Å². The summed E-state index contributed by atoms with van der Waals surface area (Å²) in [7, 11) is 0. The SMILES string of the molecule is CC(C)CC(=O)N1CO[C@@H](OC(=O)N2CCOCC2)[C@@H]1CSc1ccc(Cl)cc1. The lowest BCUT2D eigenvalue weighted by Crippen LogP contribution is -2.46. The lowest BCUT2D eigenvalue weighted by Gasteiger charge is -2.29. The Morgan fingerprint density at radius 2 is 1.93 bits per heavy atom. The van der Waals surface area contributed by atoms with Crippen LogP contribution in [0.25, 0.3) is 0 Å². The number of carbonyl (C=O) groups excluding carboxylic acids is 2. The fourth-order valence-electron chi connectivity index (χ4n) is 3.14. The van der Waals surface area contributed by atoms with Gasteiger partial charge in [-0.1, -0.05) is 25.4 Å². The molecule has 0 N–H and O–H groups in total. The van der Waals surface area contributed by atoms with E-state index in [2.05, 4.69) is 0 Å². The number of benzene rings is 1. The first-order valence-corrected chi connectivity index (χ1v) is 11.1. The fraction of sp³-hybridized carbons (Fsp3) is 0.600. The average molecular weight is 443 g/mol. The molecule has 2 aliphatic rings. The number of rotatable bonds is 6. The van der Waals surface area contributed by atoms with Crippen LogP contribution in [0, 0.1) is 5.92 Å². The first kappa shape index (κ1) is 22.2. The molecule has 2 amide bonds. The molecule has 0 saturated carbocycles. The molecule has 29 heavy (non-hydrogen) atoms. The van der Waals surface area contributed by atoms with Gasteiger partial charge in [-0.3, -0.25) is 4.79 Å². The van der Waals surface area contributed by atoms with Crippen LogP contribution >= 0.6 is 23.4 Å². The Morgan fingerprint density at radius 1 is 1.24 bits per heavy atom. The standard InChI is InChI=1S/C20H27ClN2O5S/c1-14(2)11-18(24)23-13-27-19(28-20(25)22-7-9-26-10-8-22)17(23)12-29-16-5-3-15(21)4-6-16/h3-6,14,17,19H,7-13H2,1-2H3/t17-,19-/m0/s1. The lowest BCUT2D eigenvalue weighted by molar-refractivity contribution is -0.133. The maximum absolute atomic E-state index is 12.7. The topological polar surface area (TPSA) is 68.3 Å². The summed E-state index contributed by atoms with van der Waals surface area (Å²) in [6.45, 7) is 6.10. The molecule has 7 nitrogen and oxygen atoms in total. The number of hydrogen-bond donors (Lipinski definition) is 0. The Balaban J connectivity index is 1.66. The van der Waals surface area contributed by atoms with Crippen molar-refractivity contribution in [3.63, 3.8) is 0 Å². The number of halogens is 1. The first-order valence-electron chi connectivity index (χ1n) is 9.77. The van der Waals surface area contributed by atoms with Gasteiger partial charge < -0.3 is 24.0 Å². The van der Waals surface area contributed by atoms with Gasteiger partial charge in [0.15, 0.2) is 0 Å². The van der Waals surface area contributed by atoms with Gasteiger partial charge in [0, 0.05) is 35.2 Å². The molecule has 0 spiro atoms. The van der Waals surface area contributed by atoms with Crippen LogP contribution in [0.4, 0.5) is 4.79 Å². The van der Waals surface area contributed by atoms with Gasteiger partial charge in [-0.15, -0.1) is 11.8 Å². The quantitative estimate of drug-likeness (QED) is 0.628. The van der Waals surface area contributed by atoms with Gasteiger partial charge in [0.05, 0.1) is 13.2 Å². The Bertz CT molecular complexity index is 697.